The average molecular weight is 439 g/mol. The van der Waals surface area contributed by atoms with E-state index < -0.39 is 5.97 Å². The van der Waals surface area contributed by atoms with Crippen LogP contribution in [0.1, 0.15) is 15.9 Å². The molecule has 0 saturated carbocycles. The van der Waals surface area contributed by atoms with Crippen molar-refractivity contribution in [2.75, 3.05) is 26.1 Å². The van der Waals surface area contributed by atoms with Crippen molar-refractivity contribution in [3.05, 3.63) is 83.7 Å². The zero-order chi connectivity index (χ0) is 22.9. The first kappa shape index (κ1) is 22.6. The molecule has 0 aliphatic carbocycles. The maximum Gasteiger partial charge on any atom is 0.343 e. The number of hydrogen-bond acceptors (Lipinski definition) is 6. The summed E-state index contributed by atoms with van der Waals surface area (Å²) in [5.74, 6) is -0.0889. The molecular formula is C24H22FNO6. The van der Waals surface area contributed by atoms with E-state index in [0.29, 0.717) is 22.7 Å². The van der Waals surface area contributed by atoms with E-state index >= 15 is 0 Å². The molecule has 0 fully saturated rings. The number of methoxy groups -OCH3 is 2. The van der Waals surface area contributed by atoms with Gasteiger partial charge in [-0.1, -0.05) is 18.2 Å². The number of carbonyl (C=O) groups excluding carboxylic acids is 2. The van der Waals surface area contributed by atoms with Gasteiger partial charge in [-0.05, 0) is 48.0 Å². The van der Waals surface area contributed by atoms with Crippen LogP contribution in [-0.4, -0.2) is 32.7 Å². The highest BCUT2D eigenvalue weighted by Gasteiger charge is 2.13. The zero-order valence-corrected chi connectivity index (χ0v) is 17.6. The predicted octanol–water partition coefficient (Wildman–Crippen LogP) is 4.22. The van der Waals surface area contributed by atoms with Crippen LogP contribution in [0.5, 0.6) is 17.2 Å². The molecule has 0 radical (unpaired) electrons. The number of ether oxygens (including phenoxy) is 4. The Morgan fingerprint density at radius 1 is 0.906 bits per heavy atom. The molecule has 0 saturated heterocycles. The van der Waals surface area contributed by atoms with Gasteiger partial charge in [0.25, 0.3) is 5.91 Å². The topological polar surface area (TPSA) is 83.1 Å². The summed E-state index contributed by atoms with van der Waals surface area (Å²) >= 11 is 0. The molecular weight excluding hydrogens is 417 g/mol. The van der Waals surface area contributed by atoms with Crippen molar-refractivity contribution in [2.24, 2.45) is 0 Å². The third-order valence-electron chi connectivity index (χ3n) is 4.41. The zero-order valence-electron chi connectivity index (χ0n) is 17.6. The first-order valence-corrected chi connectivity index (χ1v) is 9.65. The van der Waals surface area contributed by atoms with Gasteiger partial charge in [0.1, 0.15) is 18.2 Å². The lowest BCUT2D eigenvalue weighted by Gasteiger charge is -2.12. The molecule has 0 unspecified atom stereocenters. The third kappa shape index (κ3) is 6.21. The van der Waals surface area contributed by atoms with Crippen molar-refractivity contribution in [2.45, 2.75) is 6.61 Å². The van der Waals surface area contributed by atoms with Gasteiger partial charge in [-0.2, -0.15) is 0 Å². The van der Waals surface area contributed by atoms with Crippen molar-refractivity contribution in [1.82, 2.24) is 0 Å². The van der Waals surface area contributed by atoms with Gasteiger partial charge < -0.3 is 24.3 Å². The summed E-state index contributed by atoms with van der Waals surface area (Å²) in [5.41, 5.74) is 1.65. The summed E-state index contributed by atoms with van der Waals surface area (Å²) < 4.78 is 33.9. The van der Waals surface area contributed by atoms with E-state index in [9.17, 15) is 14.0 Å². The normalized spacial score (nSPS) is 10.2. The molecule has 0 aliphatic rings. The van der Waals surface area contributed by atoms with Crippen LogP contribution in [0.4, 0.5) is 10.1 Å². The van der Waals surface area contributed by atoms with Crippen LogP contribution in [0.15, 0.2) is 66.7 Å². The lowest BCUT2D eigenvalue weighted by Crippen LogP contribution is -2.15. The second kappa shape index (κ2) is 10.8. The van der Waals surface area contributed by atoms with Gasteiger partial charge in [0, 0.05) is 17.3 Å². The molecule has 7 nitrogen and oxygen atoms in total. The van der Waals surface area contributed by atoms with E-state index in [4.69, 9.17) is 14.2 Å². The lowest BCUT2D eigenvalue weighted by atomic mass is 10.1. The Morgan fingerprint density at radius 3 is 2.41 bits per heavy atom. The van der Waals surface area contributed by atoms with Crippen LogP contribution < -0.4 is 19.5 Å². The molecule has 32 heavy (non-hydrogen) atoms. The highest BCUT2D eigenvalue weighted by Crippen LogP contribution is 2.29. The van der Waals surface area contributed by atoms with Gasteiger partial charge in [-0.25, -0.2) is 9.18 Å². The number of halogens is 1. The fourth-order valence-corrected chi connectivity index (χ4v) is 2.74. The van der Waals surface area contributed by atoms with Crippen molar-refractivity contribution in [3.8, 4) is 17.2 Å². The van der Waals surface area contributed by atoms with Crippen molar-refractivity contribution in [3.63, 3.8) is 0 Å². The van der Waals surface area contributed by atoms with Crippen LogP contribution >= 0.6 is 0 Å². The molecule has 3 rings (SSSR count). The summed E-state index contributed by atoms with van der Waals surface area (Å²) in [6.45, 7) is -0.0531. The van der Waals surface area contributed by atoms with Crippen LogP contribution in [0.3, 0.4) is 0 Å². The van der Waals surface area contributed by atoms with E-state index in [-0.39, 0.29) is 30.7 Å². The first-order valence-electron chi connectivity index (χ1n) is 9.65. The lowest BCUT2D eigenvalue weighted by molar-refractivity contribution is -0.142. The molecule has 0 bridgehead atoms. The third-order valence-corrected chi connectivity index (χ3v) is 4.41. The van der Waals surface area contributed by atoms with Gasteiger partial charge in [-0.15, -0.1) is 0 Å². The largest absolute Gasteiger partial charge is 0.493 e. The summed E-state index contributed by atoms with van der Waals surface area (Å²) in [6, 6.07) is 17.6. The Balaban J connectivity index is 1.66. The average Bonchev–Trinajstić information content (AvgIpc) is 2.82. The van der Waals surface area contributed by atoms with Crippen LogP contribution in [0.2, 0.25) is 0 Å². The molecule has 3 aromatic rings. The number of esters is 1. The molecule has 1 amide bonds. The van der Waals surface area contributed by atoms with E-state index in [2.05, 4.69) is 10.1 Å². The van der Waals surface area contributed by atoms with Gasteiger partial charge >= 0.3 is 5.97 Å². The SMILES string of the molecule is COC(=O)COc1cc(C(=O)Nc2cccc(OCc3ccc(F)cc3)c2)ccc1OC. The van der Waals surface area contributed by atoms with Crippen molar-refractivity contribution < 1.29 is 32.9 Å². The molecule has 1 N–H and O–H groups in total. The van der Waals surface area contributed by atoms with Crippen molar-refractivity contribution >= 4 is 17.6 Å². The van der Waals surface area contributed by atoms with E-state index in [0.717, 1.165) is 5.56 Å². The van der Waals surface area contributed by atoms with Gasteiger partial charge in [0.2, 0.25) is 0 Å². The predicted molar refractivity (Wildman–Crippen MR) is 116 cm³/mol. The van der Waals surface area contributed by atoms with Crippen LogP contribution in [0.25, 0.3) is 0 Å². The number of rotatable bonds is 9. The minimum Gasteiger partial charge on any atom is -0.493 e. The monoisotopic (exact) mass is 439 g/mol. The number of nitrogens with one attached hydrogen (secondary N) is 1. The highest BCUT2D eigenvalue weighted by molar-refractivity contribution is 6.04. The van der Waals surface area contributed by atoms with E-state index in [1.807, 2.05) is 0 Å². The Kier molecular flexibility index (Phi) is 7.64. The molecule has 0 spiro atoms. The second-order valence-corrected chi connectivity index (χ2v) is 6.63. The molecule has 0 heterocycles. The summed E-state index contributed by atoms with van der Waals surface area (Å²) in [5, 5.41) is 2.79. The molecule has 166 valence electrons. The second-order valence-electron chi connectivity index (χ2n) is 6.63. The fourth-order valence-electron chi connectivity index (χ4n) is 2.74. The Bertz CT molecular complexity index is 1080. The Morgan fingerprint density at radius 2 is 1.69 bits per heavy atom. The van der Waals surface area contributed by atoms with Crippen LogP contribution in [-0.2, 0) is 16.1 Å². The summed E-state index contributed by atoms with van der Waals surface area (Å²) in [7, 11) is 2.71. The molecule has 3 aromatic carbocycles. The molecule has 0 atom stereocenters. The molecule has 8 heteroatoms. The Labute approximate surface area is 184 Å². The number of benzene rings is 3. The standard InChI is InChI=1S/C24H22FNO6/c1-29-21-11-8-17(12-22(21)32-15-23(27)30-2)24(28)26-19-4-3-5-20(13-19)31-14-16-6-9-18(25)10-7-16/h3-13H,14-15H2,1-2H3,(H,26,28). The first-order chi connectivity index (χ1) is 15.5. The Hall–Kier alpha value is -4.07. The minimum absolute atomic E-state index is 0.238. The summed E-state index contributed by atoms with van der Waals surface area (Å²) in [6.07, 6.45) is 0. The minimum atomic E-state index is -0.556. The fraction of sp³-hybridized carbons (Fsp3) is 0.167. The van der Waals surface area contributed by atoms with Gasteiger partial charge in [0.05, 0.1) is 14.2 Å². The number of anilines is 1. The van der Waals surface area contributed by atoms with E-state index in [1.54, 1.807) is 48.5 Å². The molecule has 0 aromatic heterocycles. The number of carbonyl (C=O) groups is 2. The number of amides is 1. The van der Waals surface area contributed by atoms with Crippen LogP contribution in [0, 0.1) is 5.82 Å². The summed E-state index contributed by atoms with van der Waals surface area (Å²) in [4.78, 5) is 24.0. The smallest absolute Gasteiger partial charge is 0.343 e. The maximum absolute atomic E-state index is 13.0. The quantitative estimate of drug-likeness (QED) is 0.503. The highest BCUT2D eigenvalue weighted by atomic mass is 19.1. The van der Waals surface area contributed by atoms with Gasteiger partial charge in [-0.3, -0.25) is 4.79 Å². The van der Waals surface area contributed by atoms with Crippen molar-refractivity contribution in [1.29, 1.82) is 0 Å². The maximum atomic E-state index is 13.0. The van der Waals surface area contributed by atoms with E-state index in [1.165, 1.54) is 32.4 Å². The van der Waals surface area contributed by atoms with Gasteiger partial charge in [0.15, 0.2) is 18.1 Å². The number of hydrogen-bond donors (Lipinski definition) is 1. The molecule has 0 aliphatic heterocycles.